The molecule has 210 valence electrons. The highest BCUT2D eigenvalue weighted by molar-refractivity contribution is 6.05. The third kappa shape index (κ3) is 6.69. The van der Waals surface area contributed by atoms with Crippen LogP contribution in [0.15, 0.2) is 66.7 Å². The predicted octanol–water partition coefficient (Wildman–Crippen LogP) is 4.71. The van der Waals surface area contributed by atoms with Crippen LogP contribution in [0.5, 0.6) is 0 Å². The van der Waals surface area contributed by atoms with Crippen LogP contribution in [0.2, 0.25) is 0 Å². The van der Waals surface area contributed by atoms with Crippen LogP contribution in [0.1, 0.15) is 57.5 Å². The van der Waals surface area contributed by atoms with Crippen LogP contribution in [-0.2, 0) is 6.54 Å². The zero-order valence-corrected chi connectivity index (χ0v) is 23.0. The van der Waals surface area contributed by atoms with E-state index in [-0.39, 0.29) is 29.7 Å². The second kappa shape index (κ2) is 12.6. The smallest absolute Gasteiger partial charge is 0.255 e. The number of benzene rings is 3. The first-order chi connectivity index (χ1) is 19.4. The minimum absolute atomic E-state index is 0.0410. The maximum Gasteiger partial charge on any atom is 0.255 e. The number of carbonyl (C=O) groups is 2. The van der Waals surface area contributed by atoms with Gasteiger partial charge in [0.15, 0.2) is 0 Å². The van der Waals surface area contributed by atoms with Crippen molar-refractivity contribution < 1.29 is 14.0 Å². The Morgan fingerprint density at radius 1 is 0.900 bits per heavy atom. The first-order valence-electron chi connectivity index (χ1n) is 14.2. The number of amides is 2. The summed E-state index contributed by atoms with van der Waals surface area (Å²) in [5.41, 5.74) is 10.5. The molecule has 0 bridgehead atoms. The van der Waals surface area contributed by atoms with Gasteiger partial charge in [-0.2, -0.15) is 0 Å². The second-order valence-electron chi connectivity index (χ2n) is 10.9. The summed E-state index contributed by atoms with van der Waals surface area (Å²) in [4.78, 5) is 30.7. The van der Waals surface area contributed by atoms with E-state index in [9.17, 15) is 14.0 Å². The second-order valence-corrected chi connectivity index (χ2v) is 10.9. The standard InChI is InChI=1S/C32H38FN5O2/c1-22-10-12-23(13-11-22)31(39)36-29-20-24(32(40)35-28-8-4-3-7-27(28)34)14-15-25(29)21-37-16-18-38(19-17-37)30-9-5-2-6-26(30)33/h2,5-6,9-15,20,27-28H,3-4,7-8,16-19,21,34H2,1H3,(H,35,40)(H,36,39). The number of nitrogens with one attached hydrogen (secondary N) is 2. The number of anilines is 2. The molecule has 1 saturated carbocycles. The Hall–Kier alpha value is -3.75. The van der Waals surface area contributed by atoms with Gasteiger partial charge in [0.05, 0.1) is 5.69 Å². The van der Waals surface area contributed by atoms with Crippen molar-refractivity contribution in [1.82, 2.24) is 10.2 Å². The summed E-state index contributed by atoms with van der Waals surface area (Å²) in [6.45, 7) is 5.49. The molecule has 2 amide bonds. The summed E-state index contributed by atoms with van der Waals surface area (Å²) in [5, 5.41) is 6.16. The number of halogens is 1. The highest BCUT2D eigenvalue weighted by Gasteiger charge is 2.25. The molecule has 0 radical (unpaired) electrons. The van der Waals surface area contributed by atoms with Crippen molar-refractivity contribution in [3.63, 3.8) is 0 Å². The first kappa shape index (κ1) is 27.8. The Morgan fingerprint density at radius 2 is 1.60 bits per heavy atom. The lowest BCUT2D eigenvalue weighted by molar-refractivity contribution is 0.0920. The molecule has 2 fully saturated rings. The van der Waals surface area contributed by atoms with Crippen molar-refractivity contribution in [1.29, 1.82) is 0 Å². The SMILES string of the molecule is Cc1ccc(C(=O)Nc2cc(C(=O)NC3CCCCC3N)ccc2CN2CCN(c3ccccc3F)CC2)cc1. The van der Waals surface area contributed by atoms with Crippen molar-refractivity contribution in [2.24, 2.45) is 5.73 Å². The van der Waals surface area contributed by atoms with E-state index in [4.69, 9.17) is 5.73 Å². The molecule has 5 rings (SSSR count). The van der Waals surface area contributed by atoms with Gasteiger partial charge in [-0.25, -0.2) is 4.39 Å². The topological polar surface area (TPSA) is 90.7 Å². The minimum Gasteiger partial charge on any atom is -0.367 e. The molecule has 1 heterocycles. The summed E-state index contributed by atoms with van der Waals surface area (Å²) < 4.78 is 14.3. The molecule has 1 aliphatic carbocycles. The third-order valence-corrected chi connectivity index (χ3v) is 8.03. The van der Waals surface area contributed by atoms with E-state index in [0.29, 0.717) is 42.1 Å². The van der Waals surface area contributed by atoms with Crippen molar-refractivity contribution in [3.05, 3.63) is 94.8 Å². The fraction of sp³-hybridized carbons (Fsp3) is 0.375. The molecule has 1 saturated heterocycles. The summed E-state index contributed by atoms with van der Waals surface area (Å²) in [5.74, 6) is -0.615. The molecule has 1 aliphatic heterocycles. The Balaban J connectivity index is 1.32. The van der Waals surface area contributed by atoms with Crippen LogP contribution in [0, 0.1) is 12.7 Å². The molecule has 2 aliphatic rings. The van der Waals surface area contributed by atoms with E-state index in [2.05, 4.69) is 20.4 Å². The fourth-order valence-electron chi connectivity index (χ4n) is 5.56. The van der Waals surface area contributed by atoms with E-state index in [1.807, 2.05) is 43.3 Å². The van der Waals surface area contributed by atoms with Gasteiger partial charge in [-0.3, -0.25) is 14.5 Å². The first-order valence-corrected chi connectivity index (χ1v) is 14.2. The van der Waals surface area contributed by atoms with Gasteiger partial charge in [0, 0.05) is 61.6 Å². The highest BCUT2D eigenvalue weighted by atomic mass is 19.1. The molecule has 2 atom stereocenters. The lowest BCUT2D eigenvalue weighted by Gasteiger charge is -2.36. The van der Waals surface area contributed by atoms with Crippen molar-refractivity contribution in [2.45, 2.75) is 51.2 Å². The van der Waals surface area contributed by atoms with Crippen LogP contribution >= 0.6 is 0 Å². The van der Waals surface area contributed by atoms with Crippen molar-refractivity contribution in [2.75, 3.05) is 36.4 Å². The number of para-hydroxylation sites is 1. The number of nitrogens with zero attached hydrogens (tertiary/aromatic N) is 2. The number of hydrogen-bond acceptors (Lipinski definition) is 5. The zero-order valence-electron chi connectivity index (χ0n) is 23.0. The summed E-state index contributed by atoms with van der Waals surface area (Å²) >= 11 is 0. The largest absolute Gasteiger partial charge is 0.367 e. The van der Waals surface area contributed by atoms with Crippen LogP contribution in [0.4, 0.5) is 15.8 Å². The minimum atomic E-state index is -0.225. The quantitative estimate of drug-likeness (QED) is 0.402. The number of hydrogen-bond donors (Lipinski definition) is 3. The summed E-state index contributed by atoms with van der Waals surface area (Å²) in [6.07, 6.45) is 3.93. The molecule has 7 nitrogen and oxygen atoms in total. The number of rotatable bonds is 7. The van der Waals surface area contributed by atoms with Crippen molar-refractivity contribution >= 4 is 23.2 Å². The molecule has 3 aromatic carbocycles. The Labute approximate surface area is 235 Å². The summed E-state index contributed by atoms with van der Waals surface area (Å²) in [7, 11) is 0. The van der Waals surface area contributed by atoms with Gasteiger partial charge >= 0.3 is 0 Å². The van der Waals surface area contributed by atoms with E-state index in [1.54, 1.807) is 24.3 Å². The Morgan fingerprint density at radius 3 is 2.33 bits per heavy atom. The molecular weight excluding hydrogens is 505 g/mol. The molecule has 0 aromatic heterocycles. The van der Waals surface area contributed by atoms with Crippen molar-refractivity contribution in [3.8, 4) is 0 Å². The molecule has 0 spiro atoms. The van der Waals surface area contributed by atoms with E-state index in [0.717, 1.165) is 49.9 Å². The van der Waals surface area contributed by atoms with E-state index >= 15 is 0 Å². The van der Waals surface area contributed by atoms with Gasteiger partial charge in [-0.1, -0.05) is 48.7 Å². The average Bonchev–Trinajstić information content (AvgIpc) is 2.96. The van der Waals surface area contributed by atoms with E-state index in [1.165, 1.54) is 6.07 Å². The third-order valence-electron chi connectivity index (χ3n) is 8.03. The van der Waals surface area contributed by atoms with Gasteiger partial charge in [0.25, 0.3) is 11.8 Å². The number of piperazine rings is 1. The lowest BCUT2D eigenvalue weighted by Crippen LogP contribution is -2.49. The van der Waals surface area contributed by atoms with Gasteiger partial charge in [-0.15, -0.1) is 0 Å². The van der Waals surface area contributed by atoms with Gasteiger partial charge in [-0.05, 0) is 61.7 Å². The zero-order chi connectivity index (χ0) is 28.1. The molecular formula is C32H38FN5O2. The molecule has 40 heavy (non-hydrogen) atoms. The van der Waals surface area contributed by atoms with Gasteiger partial charge in [0.2, 0.25) is 0 Å². The van der Waals surface area contributed by atoms with Gasteiger partial charge < -0.3 is 21.3 Å². The Kier molecular flexibility index (Phi) is 8.77. The highest BCUT2D eigenvalue weighted by Crippen LogP contribution is 2.25. The maximum atomic E-state index is 14.3. The average molecular weight is 544 g/mol. The van der Waals surface area contributed by atoms with Crippen LogP contribution in [0.25, 0.3) is 0 Å². The lowest BCUT2D eigenvalue weighted by atomic mass is 9.91. The van der Waals surface area contributed by atoms with Gasteiger partial charge in [0.1, 0.15) is 5.82 Å². The number of nitrogens with two attached hydrogens (primary N) is 1. The normalized spacial score (nSPS) is 19.7. The molecule has 2 unspecified atom stereocenters. The van der Waals surface area contributed by atoms with Crippen LogP contribution < -0.4 is 21.3 Å². The van der Waals surface area contributed by atoms with E-state index < -0.39 is 0 Å². The summed E-state index contributed by atoms with van der Waals surface area (Å²) in [6, 6.07) is 19.7. The molecule has 3 aromatic rings. The Bertz CT molecular complexity index is 1340. The van der Waals surface area contributed by atoms with Crippen LogP contribution in [-0.4, -0.2) is 55.0 Å². The molecule has 4 N–H and O–H groups in total. The fourth-order valence-corrected chi connectivity index (χ4v) is 5.56. The van der Waals surface area contributed by atoms with Crippen LogP contribution in [0.3, 0.4) is 0 Å². The maximum absolute atomic E-state index is 14.3. The number of aryl methyl sites for hydroxylation is 1. The number of carbonyl (C=O) groups excluding carboxylic acids is 2. The monoisotopic (exact) mass is 543 g/mol. The molecule has 8 heteroatoms. The predicted molar refractivity (Wildman–Crippen MR) is 157 cm³/mol.